The zero-order chi connectivity index (χ0) is 13.5. The smallest absolute Gasteiger partial charge is 0.333 e. The summed E-state index contributed by atoms with van der Waals surface area (Å²) < 4.78 is 4.77. The molecule has 0 aromatic rings. The van der Waals surface area contributed by atoms with Crippen molar-refractivity contribution in [3.8, 4) is 0 Å². The minimum absolute atomic E-state index is 0.192. The van der Waals surface area contributed by atoms with Gasteiger partial charge in [0.2, 0.25) is 0 Å². The van der Waals surface area contributed by atoms with Gasteiger partial charge in [-0.2, -0.15) is 0 Å². The van der Waals surface area contributed by atoms with Crippen LogP contribution in [0.4, 0.5) is 0 Å². The summed E-state index contributed by atoms with van der Waals surface area (Å²) in [6, 6.07) is 0.667. The van der Waals surface area contributed by atoms with Crippen LogP contribution >= 0.6 is 0 Å². The highest BCUT2D eigenvalue weighted by atomic mass is 16.5. The Morgan fingerprint density at radius 1 is 1.44 bits per heavy atom. The highest BCUT2D eigenvalue weighted by molar-refractivity contribution is 5.88. The monoisotopic (exact) mass is 253 g/mol. The molecule has 0 bridgehead atoms. The topological polar surface area (TPSA) is 29.5 Å². The maximum absolute atomic E-state index is 11.5. The highest BCUT2D eigenvalue weighted by Crippen LogP contribution is 2.26. The largest absolute Gasteiger partial charge is 0.466 e. The van der Waals surface area contributed by atoms with Gasteiger partial charge in [0.15, 0.2) is 0 Å². The Morgan fingerprint density at radius 2 is 2.17 bits per heavy atom. The summed E-state index contributed by atoms with van der Waals surface area (Å²) in [5, 5.41) is 0. The van der Waals surface area contributed by atoms with Gasteiger partial charge in [-0.25, -0.2) is 4.79 Å². The number of hydrogen-bond acceptors (Lipinski definition) is 3. The molecule has 104 valence electrons. The van der Waals surface area contributed by atoms with Crippen molar-refractivity contribution in [2.75, 3.05) is 20.7 Å². The Bertz CT molecular complexity index is 299. The van der Waals surface area contributed by atoms with E-state index in [2.05, 4.69) is 18.9 Å². The summed E-state index contributed by atoms with van der Waals surface area (Å²) in [7, 11) is 3.60. The van der Waals surface area contributed by atoms with Gasteiger partial charge in [-0.1, -0.05) is 32.8 Å². The first-order valence-electron chi connectivity index (χ1n) is 7.06. The van der Waals surface area contributed by atoms with Crippen LogP contribution in [-0.4, -0.2) is 37.6 Å². The molecule has 0 heterocycles. The van der Waals surface area contributed by atoms with Crippen LogP contribution in [-0.2, 0) is 9.53 Å². The highest BCUT2D eigenvalue weighted by Gasteiger charge is 2.21. The molecule has 1 rings (SSSR count). The summed E-state index contributed by atoms with van der Waals surface area (Å²) in [6.45, 7) is 5.17. The van der Waals surface area contributed by atoms with Crippen molar-refractivity contribution in [1.29, 1.82) is 0 Å². The Morgan fingerprint density at radius 3 is 2.72 bits per heavy atom. The first-order valence-corrected chi connectivity index (χ1v) is 7.06. The summed E-state index contributed by atoms with van der Waals surface area (Å²) in [4.78, 5) is 13.8. The molecule has 1 saturated carbocycles. The Balaban J connectivity index is 2.50. The molecule has 0 amide bonds. The van der Waals surface area contributed by atoms with Crippen LogP contribution < -0.4 is 0 Å². The van der Waals surface area contributed by atoms with E-state index in [0.717, 1.165) is 24.5 Å². The number of likely N-dealkylation sites (N-methyl/N-ethyl adjacent to an activating group) is 1. The predicted octanol–water partition coefficient (Wildman–Crippen LogP) is 3.01. The number of carbonyl (C=O) groups excluding carboxylic acids is 1. The van der Waals surface area contributed by atoms with Crippen LogP contribution in [0.15, 0.2) is 11.6 Å². The SMILES string of the molecule is CCC(=CCN(C)C1CCCC(C)C1)C(=O)OC. The number of rotatable bonds is 5. The minimum Gasteiger partial charge on any atom is -0.466 e. The van der Waals surface area contributed by atoms with Crippen molar-refractivity contribution in [3.63, 3.8) is 0 Å². The van der Waals surface area contributed by atoms with Crippen molar-refractivity contribution < 1.29 is 9.53 Å². The number of esters is 1. The lowest BCUT2D eigenvalue weighted by Crippen LogP contribution is -2.35. The average Bonchev–Trinajstić information content (AvgIpc) is 2.38. The van der Waals surface area contributed by atoms with E-state index in [-0.39, 0.29) is 5.97 Å². The average molecular weight is 253 g/mol. The molecule has 0 N–H and O–H groups in total. The van der Waals surface area contributed by atoms with Crippen molar-refractivity contribution in [2.24, 2.45) is 5.92 Å². The summed E-state index contributed by atoms with van der Waals surface area (Å²) >= 11 is 0. The van der Waals surface area contributed by atoms with Crippen LogP contribution in [0.5, 0.6) is 0 Å². The molecule has 18 heavy (non-hydrogen) atoms. The van der Waals surface area contributed by atoms with Gasteiger partial charge >= 0.3 is 5.97 Å². The second-order valence-electron chi connectivity index (χ2n) is 5.44. The number of carbonyl (C=O) groups is 1. The standard InChI is InChI=1S/C15H27NO2/c1-5-13(15(17)18-4)9-10-16(3)14-8-6-7-12(2)11-14/h9,12,14H,5-8,10-11H2,1-4H3. The first-order chi connectivity index (χ1) is 8.58. The molecule has 1 aliphatic carbocycles. The van der Waals surface area contributed by atoms with E-state index in [4.69, 9.17) is 4.74 Å². The first kappa shape index (κ1) is 15.2. The Labute approximate surface area is 111 Å². The van der Waals surface area contributed by atoms with Crippen LogP contribution in [0.25, 0.3) is 0 Å². The molecule has 3 heteroatoms. The van der Waals surface area contributed by atoms with Crippen LogP contribution in [0, 0.1) is 5.92 Å². The quantitative estimate of drug-likeness (QED) is 0.557. The van der Waals surface area contributed by atoms with E-state index < -0.39 is 0 Å². The number of methoxy groups -OCH3 is 1. The van der Waals surface area contributed by atoms with Crippen molar-refractivity contribution in [1.82, 2.24) is 4.90 Å². The Kier molecular flexibility index (Phi) is 6.41. The zero-order valence-corrected chi connectivity index (χ0v) is 12.2. The third-order valence-corrected chi connectivity index (χ3v) is 3.99. The number of nitrogens with zero attached hydrogens (tertiary/aromatic N) is 1. The van der Waals surface area contributed by atoms with Crippen molar-refractivity contribution >= 4 is 5.97 Å². The lowest BCUT2D eigenvalue weighted by molar-refractivity contribution is -0.136. The molecule has 0 spiro atoms. The summed E-state index contributed by atoms with van der Waals surface area (Å²) in [5.74, 6) is 0.643. The molecule has 2 unspecified atom stereocenters. The Hall–Kier alpha value is -0.830. The number of ether oxygens (including phenoxy) is 1. The van der Waals surface area contributed by atoms with Crippen molar-refractivity contribution in [3.05, 3.63) is 11.6 Å². The molecule has 3 nitrogen and oxygen atoms in total. The van der Waals surface area contributed by atoms with Crippen LogP contribution in [0.1, 0.15) is 46.0 Å². The molecule has 1 fully saturated rings. The van der Waals surface area contributed by atoms with Crippen molar-refractivity contribution in [2.45, 2.75) is 52.0 Å². The predicted molar refractivity (Wildman–Crippen MR) is 74.4 cm³/mol. The van der Waals surface area contributed by atoms with Gasteiger partial charge in [-0.3, -0.25) is 4.90 Å². The van der Waals surface area contributed by atoms with Crippen LogP contribution in [0.3, 0.4) is 0 Å². The third-order valence-electron chi connectivity index (χ3n) is 3.99. The fourth-order valence-corrected chi connectivity index (χ4v) is 2.71. The van der Waals surface area contributed by atoms with Gasteiger partial charge in [0.05, 0.1) is 7.11 Å². The lowest BCUT2D eigenvalue weighted by Gasteiger charge is -2.33. The second-order valence-corrected chi connectivity index (χ2v) is 5.44. The fraction of sp³-hybridized carbons (Fsp3) is 0.800. The van der Waals surface area contributed by atoms with Gasteiger partial charge in [-0.15, -0.1) is 0 Å². The molecular weight excluding hydrogens is 226 g/mol. The maximum Gasteiger partial charge on any atom is 0.333 e. The normalized spacial score (nSPS) is 25.3. The molecule has 0 aromatic carbocycles. The van der Waals surface area contributed by atoms with E-state index >= 15 is 0 Å². The molecule has 1 aliphatic rings. The summed E-state index contributed by atoms with van der Waals surface area (Å²) in [5.41, 5.74) is 0.785. The maximum atomic E-state index is 11.5. The van der Waals surface area contributed by atoms with E-state index in [9.17, 15) is 4.79 Å². The second kappa shape index (κ2) is 7.57. The number of hydrogen-bond donors (Lipinski definition) is 0. The van der Waals surface area contributed by atoms with Gasteiger partial charge < -0.3 is 4.74 Å². The van der Waals surface area contributed by atoms with E-state index in [1.165, 1.54) is 32.8 Å². The molecular formula is C15H27NO2. The van der Waals surface area contributed by atoms with E-state index in [0.29, 0.717) is 6.04 Å². The molecule has 0 aliphatic heterocycles. The van der Waals surface area contributed by atoms with Gasteiger partial charge in [0, 0.05) is 18.2 Å². The van der Waals surface area contributed by atoms with E-state index in [1.807, 2.05) is 13.0 Å². The lowest BCUT2D eigenvalue weighted by atomic mass is 9.86. The molecule has 2 atom stereocenters. The third kappa shape index (κ3) is 4.45. The van der Waals surface area contributed by atoms with E-state index in [1.54, 1.807) is 0 Å². The zero-order valence-electron chi connectivity index (χ0n) is 12.2. The van der Waals surface area contributed by atoms with Gasteiger partial charge in [0.25, 0.3) is 0 Å². The van der Waals surface area contributed by atoms with Gasteiger partial charge in [-0.05, 0) is 32.2 Å². The van der Waals surface area contributed by atoms with Crippen LogP contribution in [0.2, 0.25) is 0 Å². The molecule has 0 aromatic heterocycles. The molecule has 0 saturated heterocycles. The van der Waals surface area contributed by atoms with Gasteiger partial charge in [0.1, 0.15) is 0 Å². The summed E-state index contributed by atoms with van der Waals surface area (Å²) in [6.07, 6.45) is 8.02. The fourth-order valence-electron chi connectivity index (χ4n) is 2.71. The molecule has 0 radical (unpaired) electrons. The minimum atomic E-state index is -0.192.